The van der Waals surface area contributed by atoms with Crippen molar-refractivity contribution in [2.24, 2.45) is 0 Å². The van der Waals surface area contributed by atoms with Gasteiger partial charge in [-0.25, -0.2) is 17.2 Å². The second-order valence-corrected chi connectivity index (χ2v) is 5.47. The molecule has 5 nitrogen and oxygen atoms in total. The van der Waals surface area contributed by atoms with Crippen LogP contribution in [0.2, 0.25) is 0 Å². The summed E-state index contributed by atoms with van der Waals surface area (Å²) < 4.78 is 28.9. The fourth-order valence-electron chi connectivity index (χ4n) is 1.70. The normalized spacial score (nSPS) is 11.6. The summed E-state index contributed by atoms with van der Waals surface area (Å²) in [6.45, 7) is 0. The molecular weight excluding hydrogens is 242 g/mol. The summed E-state index contributed by atoms with van der Waals surface area (Å²) in [5.74, 6) is -0.552. The Morgan fingerprint density at radius 2 is 1.94 bits per heavy atom. The van der Waals surface area contributed by atoms with Gasteiger partial charge >= 0.3 is 5.97 Å². The number of benzene rings is 1. The third kappa shape index (κ3) is 1.91. The zero-order valence-corrected chi connectivity index (χ0v) is 10.2. The Morgan fingerprint density at radius 3 is 2.53 bits per heavy atom. The molecule has 0 spiro atoms. The molecule has 0 unspecified atom stereocenters. The van der Waals surface area contributed by atoms with Crippen LogP contribution in [0.1, 0.15) is 10.4 Å². The minimum atomic E-state index is -3.44. The molecule has 0 atom stereocenters. The summed E-state index contributed by atoms with van der Waals surface area (Å²) in [5, 5.41) is 0.560. The van der Waals surface area contributed by atoms with Gasteiger partial charge in [-0.2, -0.15) is 0 Å². The summed E-state index contributed by atoms with van der Waals surface area (Å²) in [6.07, 6.45) is 2.37. The van der Waals surface area contributed by atoms with Crippen LogP contribution in [0.3, 0.4) is 0 Å². The number of para-hydroxylation sites is 1. The number of hydrogen-bond acceptors (Lipinski definition) is 4. The number of rotatable bonds is 2. The molecule has 2 aromatic rings. The lowest BCUT2D eigenvalue weighted by Crippen LogP contribution is -2.08. The number of carbonyl (C=O) groups excluding carboxylic acids is 1. The van der Waals surface area contributed by atoms with Gasteiger partial charge in [0, 0.05) is 11.6 Å². The lowest BCUT2D eigenvalue weighted by molar-refractivity contribution is 0.0603. The van der Waals surface area contributed by atoms with Crippen LogP contribution in [0.4, 0.5) is 0 Å². The summed E-state index contributed by atoms with van der Waals surface area (Å²) in [5.41, 5.74) is 0.712. The number of ether oxygens (including phenoxy) is 1. The number of carbonyl (C=O) groups is 1. The van der Waals surface area contributed by atoms with Gasteiger partial charge in [0.2, 0.25) is 10.0 Å². The number of aromatic nitrogens is 1. The first-order chi connectivity index (χ1) is 7.95. The highest BCUT2D eigenvalue weighted by molar-refractivity contribution is 7.89. The maximum absolute atomic E-state index is 11.6. The summed E-state index contributed by atoms with van der Waals surface area (Å²) in [4.78, 5) is 11.5. The number of fused-ring (bicyclic) bond motifs is 1. The topological polar surface area (TPSA) is 65.4 Å². The highest BCUT2D eigenvalue weighted by Crippen LogP contribution is 2.23. The minimum Gasteiger partial charge on any atom is -0.465 e. The average Bonchev–Trinajstić information content (AvgIpc) is 2.67. The van der Waals surface area contributed by atoms with Crippen molar-refractivity contribution in [3.05, 3.63) is 36.0 Å². The predicted octanol–water partition coefficient (Wildman–Crippen LogP) is 1.24. The van der Waals surface area contributed by atoms with Crippen molar-refractivity contribution in [3.63, 3.8) is 0 Å². The molecule has 1 heterocycles. The van der Waals surface area contributed by atoms with Gasteiger partial charge in [-0.1, -0.05) is 18.2 Å². The van der Waals surface area contributed by atoms with Crippen molar-refractivity contribution in [1.82, 2.24) is 3.97 Å². The summed E-state index contributed by atoms with van der Waals surface area (Å²) >= 11 is 0. The first-order valence-corrected chi connectivity index (χ1v) is 6.69. The van der Waals surface area contributed by atoms with Crippen LogP contribution in [0.15, 0.2) is 30.5 Å². The summed E-state index contributed by atoms with van der Waals surface area (Å²) in [6, 6.07) is 6.78. The van der Waals surface area contributed by atoms with Gasteiger partial charge in [-0.3, -0.25) is 0 Å². The van der Waals surface area contributed by atoms with Crippen molar-refractivity contribution in [3.8, 4) is 0 Å². The van der Waals surface area contributed by atoms with Gasteiger partial charge < -0.3 is 4.74 Å². The number of methoxy groups -OCH3 is 1. The van der Waals surface area contributed by atoms with E-state index in [1.165, 1.54) is 13.3 Å². The van der Waals surface area contributed by atoms with Crippen LogP contribution in [-0.2, 0) is 14.8 Å². The highest BCUT2D eigenvalue weighted by atomic mass is 32.2. The predicted molar refractivity (Wildman–Crippen MR) is 63.5 cm³/mol. The van der Waals surface area contributed by atoms with E-state index in [1.807, 2.05) is 0 Å². The fraction of sp³-hybridized carbons (Fsp3) is 0.182. The Balaban J connectivity index is 2.85. The van der Waals surface area contributed by atoms with E-state index < -0.39 is 16.0 Å². The van der Waals surface area contributed by atoms with Crippen LogP contribution < -0.4 is 0 Å². The molecule has 2 rings (SSSR count). The first-order valence-electron chi connectivity index (χ1n) is 4.84. The fourth-order valence-corrected chi connectivity index (χ4v) is 2.51. The Bertz CT molecular complexity index is 685. The van der Waals surface area contributed by atoms with Crippen LogP contribution >= 0.6 is 0 Å². The Kier molecular flexibility index (Phi) is 2.66. The second kappa shape index (κ2) is 3.89. The molecule has 0 fully saturated rings. The zero-order valence-electron chi connectivity index (χ0n) is 9.38. The van der Waals surface area contributed by atoms with E-state index in [4.69, 9.17) is 0 Å². The maximum atomic E-state index is 11.6. The van der Waals surface area contributed by atoms with Gasteiger partial charge in [0.1, 0.15) is 0 Å². The molecule has 0 aliphatic rings. The molecule has 0 saturated heterocycles. The molecule has 0 amide bonds. The van der Waals surface area contributed by atoms with Crippen LogP contribution in [0, 0.1) is 0 Å². The van der Waals surface area contributed by atoms with Crippen LogP contribution in [0.25, 0.3) is 10.9 Å². The molecule has 0 N–H and O–H groups in total. The van der Waals surface area contributed by atoms with E-state index in [1.54, 1.807) is 24.3 Å². The molecule has 90 valence electrons. The maximum Gasteiger partial charge on any atom is 0.340 e. The van der Waals surface area contributed by atoms with E-state index in [0.717, 1.165) is 10.2 Å². The molecule has 17 heavy (non-hydrogen) atoms. The van der Waals surface area contributed by atoms with Gasteiger partial charge in [0.15, 0.2) is 0 Å². The molecule has 0 bridgehead atoms. The van der Waals surface area contributed by atoms with E-state index in [9.17, 15) is 13.2 Å². The second-order valence-electron chi connectivity index (χ2n) is 3.61. The molecule has 0 radical (unpaired) electrons. The van der Waals surface area contributed by atoms with E-state index in [0.29, 0.717) is 10.9 Å². The molecule has 6 heteroatoms. The largest absolute Gasteiger partial charge is 0.465 e. The average molecular weight is 253 g/mol. The van der Waals surface area contributed by atoms with Gasteiger partial charge in [0.25, 0.3) is 0 Å². The lowest BCUT2D eigenvalue weighted by atomic mass is 10.2. The Labute approximate surface area is 98.7 Å². The zero-order chi connectivity index (χ0) is 12.6. The van der Waals surface area contributed by atoms with E-state index in [-0.39, 0.29) is 5.56 Å². The van der Waals surface area contributed by atoms with Gasteiger partial charge in [-0.05, 0) is 6.07 Å². The van der Waals surface area contributed by atoms with Crippen molar-refractivity contribution < 1.29 is 17.9 Å². The quantitative estimate of drug-likeness (QED) is 0.755. The molecule has 0 aliphatic heterocycles. The SMILES string of the molecule is COC(=O)c1cn(S(C)(=O)=O)c2ccccc12. The third-order valence-electron chi connectivity index (χ3n) is 2.44. The molecule has 0 saturated carbocycles. The van der Waals surface area contributed by atoms with Crippen molar-refractivity contribution in [1.29, 1.82) is 0 Å². The number of hydrogen-bond donors (Lipinski definition) is 0. The number of nitrogens with zero attached hydrogens (tertiary/aromatic N) is 1. The highest BCUT2D eigenvalue weighted by Gasteiger charge is 2.18. The monoisotopic (exact) mass is 253 g/mol. The van der Waals surface area contributed by atoms with E-state index >= 15 is 0 Å². The number of esters is 1. The van der Waals surface area contributed by atoms with E-state index in [2.05, 4.69) is 4.74 Å². The lowest BCUT2D eigenvalue weighted by Gasteiger charge is -2.00. The minimum absolute atomic E-state index is 0.244. The smallest absolute Gasteiger partial charge is 0.340 e. The Morgan fingerprint density at radius 1 is 1.29 bits per heavy atom. The van der Waals surface area contributed by atoms with Crippen molar-refractivity contribution in [2.45, 2.75) is 0 Å². The molecule has 1 aromatic heterocycles. The van der Waals surface area contributed by atoms with Crippen molar-refractivity contribution >= 4 is 26.9 Å². The van der Waals surface area contributed by atoms with Gasteiger partial charge in [-0.15, -0.1) is 0 Å². The van der Waals surface area contributed by atoms with Crippen LogP contribution in [0.5, 0.6) is 0 Å². The standard InChI is InChI=1S/C11H11NO4S/c1-16-11(13)9-7-12(17(2,14)15)10-6-4-3-5-8(9)10/h3-7H,1-2H3. The first kappa shape index (κ1) is 11.7. The molecule has 0 aliphatic carbocycles. The third-order valence-corrected chi connectivity index (χ3v) is 3.46. The molecular formula is C11H11NO4S. The van der Waals surface area contributed by atoms with Crippen molar-refractivity contribution in [2.75, 3.05) is 13.4 Å². The molecule has 1 aromatic carbocycles. The van der Waals surface area contributed by atoms with Gasteiger partial charge in [0.05, 0.1) is 24.4 Å². The van der Waals surface area contributed by atoms with Crippen LogP contribution in [-0.4, -0.2) is 31.7 Å². The summed E-state index contributed by atoms with van der Waals surface area (Å²) in [7, 11) is -2.18. The Hall–Kier alpha value is -1.82.